The highest BCUT2D eigenvalue weighted by atomic mass is 16.1. The van der Waals surface area contributed by atoms with Crippen molar-refractivity contribution in [1.29, 1.82) is 5.26 Å². The van der Waals surface area contributed by atoms with Gasteiger partial charge in [0.25, 0.3) is 0 Å². The van der Waals surface area contributed by atoms with Crippen molar-refractivity contribution in [2.45, 2.75) is 25.7 Å². The lowest BCUT2D eigenvalue weighted by atomic mass is 9.94. The fourth-order valence-corrected chi connectivity index (χ4v) is 2.51. The van der Waals surface area contributed by atoms with E-state index in [0.29, 0.717) is 6.54 Å². The molecule has 0 spiro atoms. The Morgan fingerprint density at radius 3 is 2.58 bits per heavy atom. The van der Waals surface area contributed by atoms with Crippen LogP contribution in [0.5, 0.6) is 0 Å². The normalized spacial score (nSPS) is 18.7. The Labute approximate surface area is 114 Å². The van der Waals surface area contributed by atoms with Crippen molar-refractivity contribution in [2.75, 3.05) is 19.6 Å². The molecule has 0 bridgehead atoms. The second-order valence-corrected chi connectivity index (χ2v) is 5.40. The van der Waals surface area contributed by atoms with E-state index in [4.69, 9.17) is 0 Å². The van der Waals surface area contributed by atoms with E-state index in [1.807, 2.05) is 30.3 Å². The predicted molar refractivity (Wildman–Crippen MR) is 74.6 cm³/mol. The van der Waals surface area contributed by atoms with E-state index in [9.17, 15) is 10.1 Å². The largest absolute Gasteiger partial charge is 0.296 e. The molecule has 3 heteroatoms. The van der Waals surface area contributed by atoms with Crippen molar-refractivity contribution in [2.24, 2.45) is 5.92 Å². The molecule has 0 saturated carbocycles. The summed E-state index contributed by atoms with van der Waals surface area (Å²) in [4.78, 5) is 14.4. The topological polar surface area (TPSA) is 44.1 Å². The van der Waals surface area contributed by atoms with Crippen LogP contribution in [0.4, 0.5) is 0 Å². The molecule has 1 fully saturated rings. The fraction of sp³-hybridized carbons (Fsp3) is 0.500. The molecule has 1 aliphatic rings. The van der Waals surface area contributed by atoms with Crippen LogP contribution in [0.1, 0.15) is 31.2 Å². The molecule has 1 heterocycles. The van der Waals surface area contributed by atoms with E-state index in [2.05, 4.69) is 17.9 Å². The zero-order valence-corrected chi connectivity index (χ0v) is 11.4. The van der Waals surface area contributed by atoms with Gasteiger partial charge in [-0.05, 0) is 37.4 Å². The van der Waals surface area contributed by atoms with Crippen LogP contribution in [0, 0.1) is 17.2 Å². The van der Waals surface area contributed by atoms with Crippen molar-refractivity contribution in [3.05, 3.63) is 35.9 Å². The van der Waals surface area contributed by atoms with Crippen LogP contribution in [-0.4, -0.2) is 30.3 Å². The fourth-order valence-electron chi connectivity index (χ4n) is 2.51. The summed E-state index contributed by atoms with van der Waals surface area (Å²) in [6, 6.07) is 11.5. The SMILES string of the molecule is CC1CCN(CC(=O)[C@H](C#N)c2ccccc2)CC1. The van der Waals surface area contributed by atoms with E-state index < -0.39 is 5.92 Å². The highest BCUT2D eigenvalue weighted by molar-refractivity contribution is 5.90. The van der Waals surface area contributed by atoms with Crippen LogP contribution < -0.4 is 0 Å². The van der Waals surface area contributed by atoms with Gasteiger partial charge >= 0.3 is 0 Å². The van der Waals surface area contributed by atoms with E-state index in [-0.39, 0.29) is 5.78 Å². The maximum absolute atomic E-state index is 12.3. The molecule has 0 N–H and O–H groups in total. The number of nitrogens with zero attached hydrogens (tertiary/aromatic N) is 2. The lowest BCUT2D eigenvalue weighted by Gasteiger charge is -2.30. The molecule has 1 aromatic carbocycles. The first-order valence-electron chi connectivity index (χ1n) is 6.90. The Balaban J connectivity index is 1.97. The number of benzene rings is 1. The van der Waals surface area contributed by atoms with Crippen molar-refractivity contribution in [1.82, 2.24) is 4.90 Å². The first-order valence-corrected chi connectivity index (χ1v) is 6.90. The molecule has 0 unspecified atom stereocenters. The smallest absolute Gasteiger partial charge is 0.168 e. The van der Waals surface area contributed by atoms with Crippen LogP contribution in [0.15, 0.2) is 30.3 Å². The van der Waals surface area contributed by atoms with Gasteiger partial charge in [0.15, 0.2) is 5.78 Å². The van der Waals surface area contributed by atoms with Crippen LogP contribution in [0.25, 0.3) is 0 Å². The average Bonchev–Trinajstić information content (AvgIpc) is 2.43. The number of hydrogen-bond donors (Lipinski definition) is 0. The van der Waals surface area contributed by atoms with Gasteiger partial charge in [0.2, 0.25) is 0 Å². The molecule has 0 aromatic heterocycles. The minimum Gasteiger partial charge on any atom is -0.296 e. The second-order valence-electron chi connectivity index (χ2n) is 5.40. The van der Waals surface area contributed by atoms with Crippen molar-refractivity contribution >= 4 is 5.78 Å². The molecule has 1 aromatic rings. The lowest BCUT2D eigenvalue weighted by Crippen LogP contribution is -2.38. The van der Waals surface area contributed by atoms with Crippen LogP contribution >= 0.6 is 0 Å². The minimum atomic E-state index is -0.624. The number of piperidine rings is 1. The molecular weight excluding hydrogens is 236 g/mol. The summed E-state index contributed by atoms with van der Waals surface area (Å²) in [6.07, 6.45) is 2.30. The van der Waals surface area contributed by atoms with Crippen LogP contribution in [0.3, 0.4) is 0 Å². The summed E-state index contributed by atoms with van der Waals surface area (Å²) in [6.45, 7) is 4.60. The summed E-state index contributed by atoms with van der Waals surface area (Å²) in [5.74, 6) is 0.149. The van der Waals surface area contributed by atoms with Gasteiger partial charge in [-0.15, -0.1) is 0 Å². The van der Waals surface area contributed by atoms with E-state index in [0.717, 1.165) is 37.4 Å². The molecule has 0 aliphatic carbocycles. The molecule has 1 aliphatic heterocycles. The molecule has 3 nitrogen and oxygen atoms in total. The Morgan fingerprint density at radius 1 is 1.37 bits per heavy atom. The molecule has 2 rings (SSSR count). The first kappa shape index (κ1) is 13.8. The van der Waals surface area contributed by atoms with E-state index >= 15 is 0 Å². The van der Waals surface area contributed by atoms with Gasteiger partial charge in [-0.1, -0.05) is 37.3 Å². The maximum Gasteiger partial charge on any atom is 0.168 e. The number of likely N-dealkylation sites (tertiary alicyclic amines) is 1. The van der Waals surface area contributed by atoms with Crippen LogP contribution in [-0.2, 0) is 4.79 Å². The molecule has 1 atom stereocenters. The molecule has 0 radical (unpaired) electrons. The Bertz CT molecular complexity index is 455. The lowest BCUT2D eigenvalue weighted by molar-refractivity contribution is -0.120. The van der Waals surface area contributed by atoms with Gasteiger partial charge in [0.1, 0.15) is 5.92 Å². The number of Topliss-reactive ketones (excluding diaryl/α,β-unsaturated/α-hetero) is 1. The molecule has 19 heavy (non-hydrogen) atoms. The molecule has 1 saturated heterocycles. The van der Waals surface area contributed by atoms with Gasteiger partial charge in [-0.25, -0.2) is 0 Å². The van der Waals surface area contributed by atoms with Gasteiger partial charge < -0.3 is 0 Å². The number of ketones is 1. The minimum absolute atomic E-state index is 0.0169. The zero-order valence-electron chi connectivity index (χ0n) is 11.4. The molecular formula is C16H20N2O. The van der Waals surface area contributed by atoms with Crippen LogP contribution in [0.2, 0.25) is 0 Å². The highest BCUT2D eigenvalue weighted by Gasteiger charge is 2.24. The molecule has 0 amide bonds. The number of nitriles is 1. The summed E-state index contributed by atoms with van der Waals surface area (Å²) >= 11 is 0. The third kappa shape index (κ3) is 3.65. The van der Waals surface area contributed by atoms with Crippen molar-refractivity contribution < 1.29 is 4.79 Å². The number of carbonyl (C=O) groups excluding carboxylic acids is 1. The maximum atomic E-state index is 12.3. The molecule has 100 valence electrons. The van der Waals surface area contributed by atoms with E-state index in [1.165, 1.54) is 0 Å². The van der Waals surface area contributed by atoms with Gasteiger partial charge in [0.05, 0.1) is 12.6 Å². The highest BCUT2D eigenvalue weighted by Crippen LogP contribution is 2.19. The third-order valence-electron chi connectivity index (χ3n) is 3.84. The number of rotatable bonds is 4. The summed E-state index contributed by atoms with van der Waals surface area (Å²) < 4.78 is 0. The Kier molecular flexibility index (Phi) is 4.70. The standard InChI is InChI=1S/C16H20N2O/c1-13-7-9-18(10-8-13)12-16(19)15(11-17)14-5-3-2-4-6-14/h2-6,13,15H,7-10,12H2,1H3/t15-/m1/s1. The number of carbonyl (C=O) groups is 1. The number of hydrogen-bond acceptors (Lipinski definition) is 3. The third-order valence-corrected chi connectivity index (χ3v) is 3.84. The van der Waals surface area contributed by atoms with Crippen molar-refractivity contribution in [3.63, 3.8) is 0 Å². The Hall–Kier alpha value is -1.66. The Morgan fingerprint density at radius 2 is 2.00 bits per heavy atom. The first-order chi connectivity index (χ1) is 9.20. The van der Waals surface area contributed by atoms with Gasteiger partial charge in [-0.3, -0.25) is 9.69 Å². The predicted octanol–water partition coefficient (Wildman–Crippen LogP) is 2.59. The summed E-state index contributed by atoms with van der Waals surface area (Å²) in [5.41, 5.74) is 0.806. The van der Waals surface area contributed by atoms with Crippen molar-refractivity contribution in [3.8, 4) is 6.07 Å². The average molecular weight is 256 g/mol. The monoisotopic (exact) mass is 256 g/mol. The van der Waals surface area contributed by atoms with E-state index in [1.54, 1.807) is 0 Å². The summed E-state index contributed by atoms with van der Waals surface area (Å²) in [5, 5.41) is 9.23. The second kappa shape index (κ2) is 6.49. The zero-order chi connectivity index (χ0) is 13.7. The van der Waals surface area contributed by atoms with Gasteiger partial charge in [0, 0.05) is 0 Å². The summed E-state index contributed by atoms with van der Waals surface area (Å²) in [7, 11) is 0. The quantitative estimate of drug-likeness (QED) is 0.831. The van der Waals surface area contributed by atoms with Gasteiger partial charge in [-0.2, -0.15) is 5.26 Å².